The first-order valence-corrected chi connectivity index (χ1v) is 9.24. The molecule has 22 heavy (non-hydrogen) atoms. The van der Waals surface area contributed by atoms with Gasteiger partial charge in [-0.3, -0.25) is 0 Å². The zero-order chi connectivity index (χ0) is 16.2. The lowest BCUT2D eigenvalue weighted by molar-refractivity contribution is 0.155. The lowest BCUT2D eigenvalue weighted by atomic mass is 10.1. The summed E-state index contributed by atoms with van der Waals surface area (Å²) in [6.07, 6.45) is 2.51. The molecule has 1 saturated heterocycles. The van der Waals surface area contributed by atoms with Crippen molar-refractivity contribution in [1.29, 1.82) is 0 Å². The number of rotatable bonds is 6. The first-order chi connectivity index (χ1) is 10.4. The van der Waals surface area contributed by atoms with Gasteiger partial charge in [-0.25, -0.2) is 8.42 Å². The summed E-state index contributed by atoms with van der Waals surface area (Å²) in [5.74, 6) is 1.09. The maximum Gasteiger partial charge on any atom is 0.243 e. The van der Waals surface area contributed by atoms with Crippen LogP contribution in [-0.4, -0.2) is 43.6 Å². The Morgan fingerprint density at radius 1 is 1.27 bits per heavy atom. The van der Waals surface area contributed by atoms with Crippen molar-refractivity contribution < 1.29 is 18.3 Å². The van der Waals surface area contributed by atoms with Crippen molar-refractivity contribution in [3.63, 3.8) is 0 Å². The minimum absolute atomic E-state index is 0.130. The highest BCUT2D eigenvalue weighted by molar-refractivity contribution is 7.89. The molecule has 124 valence electrons. The summed E-state index contributed by atoms with van der Waals surface area (Å²) < 4.78 is 32.4. The lowest BCUT2D eigenvalue weighted by Gasteiger charge is -2.33. The van der Waals surface area contributed by atoms with Gasteiger partial charge in [-0.05, 0) is 43.0 Å². The molecule has 1 unspecified atom stereocenters. The van der Waals surface area contributed by atoms with Crippen molar-refractivity contribution in [3.8, 4) is 5.75 Å². The molecule has 0 radical (unpaired) electrons. The number of hydrogen-bond donors (Lipinski definition) is 1. The number of ether oxygens (including phenoxy) is 1. The van der Waals surface area contributed by atoms with E-state index in [0.717, 1.165) is 12.8 Å². The zero-order valence-corrected chi connectivity index (χ0v) is 14.1. The molecule has 1 fully saturated rings. The molecule has 6 heteroatoms. The predicted molar refractivity (Wildman–Crippen MR) is 85.4 cm³/mol. The number of piperidine rings is 1. The molecule has 1 N–H and O–H groups in total. The molecule has 0 amide bonds. The van der Waals surface area contributed by atoms with Gasteiger partial charge in [-0.2, -0.15) is 4.31 Å². The predicted octanol–water partition coefficient (Wildman–Crippen LogP) is 2.26. The van der Waals surface area contributed by atoms with Crippen LogP contribution >= 0.6 is 0 Å². The van der Waals surface area contributed by atoms with Gasteiger partial charge in [-0.1, -0.05) is 20.3 Å². The van der Waals surface area contributed by atoms with Crippen LogP contribution in [0, 0.1) is 5.92 Å². The molecule has 1 heterocycles. The third-order valence-electron chi connectivity index (χ3n) is 3.80. The van der Waals surface area contributed by atoms with E-state index in [1.807, 2.05) is 0 Å². The maximum absolute atomic E-state index is 12.7. The van der Waals surface area contributed by atoms with E-state index in [2.05, 4.69) is 13.8 Å². The van der Waals surface area contributed by atoms with Crippen LogP contribution in [0.3, 0.4) is 0 Å². The van der Waals surface area contributed by atoms with Crippen LogP contribution in [0.4, 0.5) is 0 Å². The highest BCUT2D eigenvalue weighted by Crippen LogP contribution is 2.26. The molecule has 1 atom stereocenters. The SMILES string of the molecule is CC(C)COc1ccc(S(=O)(=O)N2CCCCC2CO)cc1. The van der Waals surface area contributed by atoms with E-state index >= 15 is 0 Å². The van der Waals surface area contributed by atoms with E-state index < -0.39 is 10.0 Å². The summed E-state index contributed by atoms with van der Waals surface area (Å²) in [5, 5.41) is 9.41. The van der Waals surface area contributed by atoms with Gasteiger partial charge < -0.3 is 9.84 Å². The average Bonchev–Trinajstić information content (AvgIpc) is 2.53. The van der Waals surface area contributed by atoms with Gasteiger partial charge in [0.1, 0.15) is 5.75 Å². The fourth-order valence-electron chi connectivity index (χ4n) is 2.58. The second-order valence-corrected chi connectivity index (χ2v) is 8.01. The Bertz CT molecular complexity index is 568. The fourth-order valence-corrected chi connectivity index (χ4v) is 4.26. The summed E-state index contributed by atoms with van der Waals surface area (Å²) in [4.78, 5) is 0.254. The van der Waals surface area contributed by atoms with Crippen molar-refractivity contribution in [2.45, 2.75) is 44.0 Å². The van der Waals surface area contributed by atoms with Gasteiger partial charge in [0.05, 0.1) is 18.1 Å². The standard InChI is InChI=1S/C16H25NO4S/c1-13(2)12-21-15-6-8-16(9-7-15)22(19,20)17-10-4-3-5-14(17)11-18/h6-9,13-14,18H,3-5,10-12H2,1-2H3. The molecule has 2 rings (SSSR count). The number of aliphatic hydroxyl groups excluding tert-OH is 1. The summed E-state index contributed by atoms with van der Waals surface area (Å²) in [6, 6.07) is 6.22. The van der Waals surface area contributed by atoms with E-state index in [9.17, 15) is 13.5 Å². The Morgan fingerprint density at radius 3 is 2.55 bits per heavy atom. The van der Waals surface area contributed by atoms with Crippen molar-refractivity contribution in [2.24, 2.45) is 5.92 Å². The molecular weight excluding hydrogens is 302 g/mol. The second-order valence-electron chi connectivity index (χ2n) is 6.12. The topological polar surface area (TPSA) is 66.8 Å². The van der Waals surface area contributed by atoms with Crippen LogP contribution in [0.15, 0.2) is 29.2 Å². The van der Waals surface area contributed by atoms with E-state index in [1.165, 1.54) is 4.31 Å². The van der Waals surface area contributed by atoms with Crippen molar-refractivity contribution in [3.05, 3.63) is 24.3 Å². The molecule has 1 aliphatic heterocycles. The molecule has 0 spiro atoms. The highest BCUT2D eigenvalue weighted by atomic mass is 32.2. The fraction of sp³-hybridized carbons (Fsp3) is 0.625. The van der Waals surface area contributed by atoms with Gasteiger partial charge in [0.25, 0.3) is 0 Å². The number of sulfonamides is 1. The summed E-state index contributed by atoms with van der Waals surface area (Å²) in [5.41, 5.74) is 0. The molecule has 1 aromatic rings. The van der Waals surface area contributed by atoms with Crippen LogP contribution in [-0.2, 0) is 10.0 Å². The third-order valence-corrected chi connectivity index (χ3v) is 5.76. The van der Waals surface area contributed by atoms with Gasteiger partial charge in [0, 0.05) is 12.6 Å². The largest absolute Gasteiger partial charge is 0.493 e. The molecule has 0 aliphatic carbocycles. The zero-order valence-electron chi connectivity index (χ0n) is 13.2. The lowest BCUT2D eigenvalue weighted by Crippen LogP contribution is -2.45. The average molecular weight is 327 g/mol. The number of benzene rings is 1. The van der Waals surface area contributed by atoms with Crippen LogP contribution in [0.1, 0.15) is 33.1 Å². The van der Waals surface area contributed by atoms with Gasteiger partial charge >= 0.3 is 0 Å². The molecule has 0 aromatic heterocycles. The Morgan fingerprint density at radius 2 is 1.95 bits per heavy atom. The summed E-state index contributed by atoms with van der Waals surface area (Å²) in [6.45, 7) is 5.06. The van der Waals surface area contributed by atoms with Gasteiger partial charge in [0.15, 0.2) is 0 Å². The van der Waals surface area contributed by atoms with Crippen molar-refractivity contribution >= 4 is 10.0 Å². The smallest absolute Gasteiger partial charge is 0.243 e. The summed E-state index contributed by atoms with van der Waals surface area (Å²) in [7, 11) is -3.55. The molecule has 1 aromatic carbocycles. The Kier molecular flexibility index (Phi) is 5.83. The van der Waals surface area contributed by atoms with Crippen LogP contribution in [0.25, 0.3) is 0 Å². The molecule has 5 nitrogen and oxygen atoms in total. The van der Waals surface area contributed by atoms with E-state index in [1.54, 1.807) is 24.3 Å². The van der Waals surface area contributed by atoms with Crippen LogP contribution < -0.4 is 4.74 Å². The minimum Gasteiger partial charge on any atom is -0.493 e. The monoisotopic (exact) mass is 327 g/mol. The Labute approximate surface area is 133 Å². The van der Waals surface area contributed by atoms with Crippen LogP contribution in [0.5, 0.6) is 5.75 Å². The minimum atomic E-state index is -3.55. The molecule has 1 aliphatic rings. The van der Waals surface area contributed by atoms with Gasteiger partial charge in [0.2, 0.25) is 10.0 Å². The van der Waals surface area contributed by atoms with Crippen molar-refractivity contribution in [1.82, 2.24) is 4.31 Å². The van der Waals surface area contributed by atoms with Crippen molar-refractivity contribution in [2.75, 3.05) is 19.8 Å². The first kappa shape index (κ1) is 17.2. The van der Waals surface area contributed by atoms with Gasteiger partial charge in [-0.15, -0.1) is 0 Å². The third kappa shape index (κ3) is 4.00. The first-order valence-electron chi connectivity index (χ1n) is 7.80. The highest BCUT2D eigenvalue weighted by Gasteiger charge is 2.32. The summed E-state index contributed by atoms with van der Waals surface area (Å²) >= 11 is 0. The Hall–Kier alpha value is -1.11. The van der Waals surface area contributed by atoms with E-state index in [4.69, 9.17) is 4.74 Å². The number of aliphatic hydroxyl groups is 1. The maximum atomic E-state index is 12.7. The second kappa shape index (κ2) is 7.44. The molecule has 0 saturated carbocycles. The quantitative estimate of drug-likeness (QED) is 0.870. The number of hydrogen-bond acceptors (Lipinski definition) is 4. The molecule has 0 bridgehead atoms. The number of nitrogens with zero attached hydrogens (tertiary/aromatic N) is 1. The van der Waals surface area contributed by atoms with Crippen LogP contribution in [0.2, 0.25) is 0 Å². The Balaban J connectivity index is 2.15. The van der Waals surface area contributed by atoms with E-state index in [0.29, 0.717) is 31.2 Å². The molecular formula is C16H25NO4S. The normalized spacial score (nSPS) is 20.3. The van der Waals surface area contributed by atoms with E-state index in [-0.39, 0.29) is 17.5 Å².